The molecule has 1 heterocycles. The van der Waals surface area contributed by atoms with Crippen molar-refractivity contribution in [2.24, 2.45) is 0 Å². The minimum atomic E-state index is 0.585. The van der Waals surface area contributed by atoms with Crippen LogP contribution < -0.4 is 5.32 Å². The van der Waals surface area contributed by atoms with E-state index < -0.39 is 0 Å². The van der Waals surface area contributed by atoms with Crippen molar-refractivity contribution < 1.29 is 9.15 Å². The molecule has 0 aromatic carbocycles. The summed E-state index contributed by atoms with van der Waals surface area (Å²) in [7, 11) is 2.18. The number of likely N-dealkylation sites (N-methyl/N-ethyl adjacent to an activating group) is 1. The lowest BCUT2D eigenvalue weighted by Gasteiger charge is -2.14. The first-order valence-corrected chi connectivity index (χ1v) is 7.40. The fraction of sp³-hybridized carbons (Fsp3) is 0.733. The Kier molecular flexibility index (Phi) is 4.21. The average Bonchev–Trinajstić information content (AvgIpc) is 3.31. The molecule has 0 amide bonds. The number of furan rings is 1. The highest BCUT2D eigenvalue weighted by atomic mass is 16.5. The van der Waals surface area contributed by atoms with Gasteiger partial charge in [0.05, 0.1) is 13.2 Å². The molecule has 2 saturated carbocycles. The molecule has 0 unspecified atom stereocenters. The van der Waals surface area contributed by atoms with Gasteiger partial charge in [-0.3, -0.25) is 0 Å². The maximum atomic E-state index is 5.73. The summed E-state index contributed by atoms with van der Waals surface area (Å²) in [6.45, 7) is 3.22. The largest absolute Gasteiger partial charge is 0.462 e. The van der Waals surface area contributed by atoms with Gasteiger partial charge < -0.3 is 19.4 Å². The first-order valence-electron chi connectivity index (χ1n) is 7.40. The quantitative estimate of drug-likeness (QED) is 0.693. The molecule has 19 heavy (non-hydrogen) atoms. The zero-order valence-electron chi connectivity index (χ0n) is 11.7. The Morgan fingerprint density at radius 1 is 1.26 bits per heavy atom. The van der Waals surface area contributed by atoms with Crippen LogP contribution in [0.1, 0.15) is 37.2 Å². The summed E-state index contributed by atoms with van der Waals surface area (Å²) in [5.41, 5.74) is 0. The lowest BCUT2D eigenvalue weighted by Crippen LogP contribution is -2.25. The third-order valence-corrected chi connectivity index (χ3v) is 3.86. The van der Waals surface area contributed by atoms with E-state index in [1.54, 1.807) is 0 Å². The van der Waals surface area contributed by atoms with Crippen LogP contribution in [0.2, 0.25) is 0 Å². The van der Waals surface area contributed by atoms with Crippen molar-refractivity contribution in [3.63, 3.8) is 0 Å². The molecule has 3 rings (SSSR count). The minimum absolute atomic E-state index is 0.585. The molecule has 2 aliphatic carbocycles. The molecule has 0 bridgehead atoms. The second-order valence-electron chi connectivity index (χ2n) is 5.79. The minimum Gasteiger partial charge on any atom is -0.462 e. The summed E-state index contributed by atoms with van der Waals surface area (Å²) in [6, 6.07) is 5.61. The molecule has 4 nitrogen and oxygen atoms in total. The fourth-order valence-corrected chi connectivity index (χ4v) is 2.21. The molecule has 0 radical (unpaired) electrons. The summed E-state index contributed by atoms with van der Waals surface area (Å²) in [5.74, 6) is 1.95. The Hall–Kier alpha value is -0.840. The second-order valence-corrected chi connectivity index (χ2v) is 5.79. The first kappa shape index (κ1) is 13.2. The normalized spacial score (nSPS) is 19.3. The number of hydrogen-bond donors (Lipinski definition) is 1. The number of ether oxygens (including phenoxy) is 1. The molecule has 0 aliphatic heterocycles. The van der Waals surface area contributed by atoms with Crippen molar-refractivity contribution in [2.75, 3.05) is 20.2 Å². The molecule has 4 heteroatoms. The van der Waals surface area contributed by atoms with Gasteiger partial charge >= 0.3 is 0 Å². The number of rotatable bonds is 9. The highest BCUT2D eigenvalue weighted by molar-refractivity contribution is 5.06. The van der Waals surface area contributed by atoms with Crippen LogP contribution in [-0.2, 0) is 17.9 Å². The van der Waals surface area contributed by atoms with Crippen LogP contribution in [0.5, 0.6) is 0 Å². The fourth-order valence-electron chi connectivity index (χ4n) is 2.21. The van der Waals surface area contributed by atoms with Gasteiger partial charge in [0.2, 0.25) is 0 Å². The molecule has 0 saturated heterocycles. The standard InChI is InChI=1S/C15H24N2O2/c1-17(13-4-5-13)8-9-18-11-15-7-6-14(19-15)10-16-12-2-3-12/h6-7,12-13,16H,2-5,8-11H2,1H3. The van der Waals surface area contributed by atoms with Crippen molar-refractivity contribution in [1.82, 2.24) is 10.2 Å². The van der Waals surface area contributed by atoms with Crippen molar-refractivity contribution in [2.45, 2.75) is 50.9 Å². The summed E-state index contributed by atoms with van der Waals surface area (Å²) in [4.78, 5) is 2.38. The highest BCUT2D eigenvalue weighted by Gasteiger charge is 2.25. The molecule has 2 aliphatic rings. The average molecular weight is 264 g/mol. The Morgan fingerprint density at radius 3 is 2.79 bits per heavy atom. The van der Waals surface area contributed by atoms with Gasteiger partial charge in [0.15, 0.2) is 0 Å². The Morgan fingerprint density at radius 2 is 2.05 bits per heavy atom. The summed E-state index contributed by atoms with van der Waals surface area (Å²) in [6.07, 6.45) is 5.33. The van der Waals surface area contributed by atoms with Gasteiger partial charge in [-0.25, -0.2) is 0 Å². The van der Waals surface area contributed by atoms with Crippen molar-refractivity contribution in [3.05, 3.63) is 23.7 Å². The van der Waals surface area contributed by atoms with E-state index in [1.807, 2.05) is 12.1 Å². The van der Waals surface area contributed by atoms with Gasteiger partial charge in [0.1, 0.15) is 18.1 Å². The number of nitrogens with one attached hydrogen (secondary N) is 1. The van der Waals surface area contributed by atoms with E-state index in [2.05, 4.69) is 17.3 Å². The topological polar surface area (TPSA) is 37.6 Å². The van der Waals surface area contributed by atoms with Crippen LogP contribution in [0.3, 0.4) is 0 Å². The van der Waals surface area contributed by atoms with E-state index in [4.69, 9.17) is 9.15 Å². The van der Waals surface area contributed by atoms with E-state index in [0.717, 1.165) is 43.3 Å². The molecule has 1 aromatic heterocycles. The monoisotopic (exact) mass is 264 g/mol. The first-order chi connectivity index (χ1) is 9.31. The molecule has 0 atom stereocenters. The van der Waals surface area contributed by atoms with E-state index in [9.17, 15) is 0 Å². The second kappa shape index (κ2) is 6.07. The maximum Gasteiger partial charge on any atom is 0.129 e. The van der Waals surface area contributed by atoms with E-state index >= 15 is 0 Å². The molecular formula is C15H24N2O2. The Bertz CT molecular complexity index is 397. The van der Waals surface area contributed by atoms with E-state index in [1.165, 1.54) is 25.7 Å². The molecule has 2 fully saturated rings. The molecule has 1 N–H and O–H groups in total. The molecule has 106 valence electrons. The van der Waals surface area contributed by atoms with Gasteiger partial charge in [0, 0.05) is 18.6 Å². The van der Waals surface area contributed by atoms with Crippen molar-refractivity contribution in [1.29, 1.82) is 0 Å². The lowest BCUT2D eigenvalue weighted by molar-refractivity contribution is 0.0855. The predicted molar refractivity (Wildman–Crippen MR) is 73.9 cm³/mol. The van der Waals surface area contributed by atoms with Crippen LogP contribution in [-0.4, -0.2) is 37.2 Å². The third-order valence-electron chi connectivity index (χ3n) is 3.86. The smallest absolute Gasteiger partial charge is 0.129 e. The summed E-state index contributed by atoms with van der Waals surface area (Å²) < 4.78 is 11.4. The van der Waals surface area contributed by atoms with Crippen molar-refractivity contribution in [3.8, 4) is 0 Å². The Balaban J connectivity index is 1.30. The summed E-state index contributed by atoms with van der Waals surface area (Å²) >= 11 is 0. The molecule has 0 spiro atoms. The van der Waals surface area contributed by atoms with Crippen LogP contribution in [0.25, 0.3) is 0 Å². The van der Waals surface area contributed by atoms with Crippen LogP contribution >= 0.6 is 0 Å². The van der Waals surface area contributed by atoms with Gasteiger partial charge in [-0.15, -0.1) is 0 Å². The maximum absolute atomic E-state index is 5.73. The third kappa shape index (κ3) is 4.34. The van der Waals surface area contributed by atoms with Crippen molar-refractivity contribution >= 4 is 0 Å². The highest BCUT2D eigenvalue weighted by Crippen LogP contribution is 2.24. The molecule has 1 aromatic rings. The zero-order chi connectivity index (χ0) is 13.1. The zero-order valence-corrected chi connectivity index (χ0v) is 11.7. The predicted octanol–water partition coefficient (Wildman–Crippen LogP) is 2.14. The lowest BCUT2D eigenvalue weighted by atomic mass is 10.4. The molecular weight excluding hydrogens is 240 g/mol. The van der Waals surface area contributed by atoms with Crippen LogP contribution in [0, 0.1) is 0 Å². The summed E-state index contributed by atoms with van der Waals surface area (Å²) in [5, 5.41) is 3.45. The van der Waals surface area contributed by atoms with Gasteiger partial charge in [-0.1, -0.05) is 0 Å². The number of nitrogens with zero attached hydrogens (tertiary/aromatic N) is 1. The SMILES string of the molecule is CN(CCOCc1ccc(CNC2CC2)o1)C1CC1. The number of hydrogen-bond acceptors (Lipinski definition) is 4. The van der Waals surface area contributed by atoms with Crippen LogP contribution in [0.15, 0.2) is 16.5 Å². The van der Waals surface area contributed by atoms with E-state index in [0.29, 0.717) is 6.61 Å². The van der Waals surface area contributed by atoms with E-state index in [-0.39, 0.29) is 0 Å². The van der Waals surface area contributed by atoms with Crippen LogP contribution in [0.4, 0.5) is 0 Å². The van der Waals surface area contributed by atoms with Gasteiger partial charge in [-0.05, 0) is 44.9 Å². The van der Waals surface area contributed by atoms with Gasteiger partial charge in [-0.2, -0.15) is 0 Å². The van der Waals surface area contributed by atoms with Gasteiger partial charge in [0.25, 0.3) is 0 Å². The Labute approximate surface area is 115 Å².